The summed E-state index contributed by atoms with van der Waals surface area (Å²) < 4.78 is 0.463. The van der Waals surface area contributed by atoms with Gasteiger partial charge in [-0.3, -0.25) is 9.59 Å². The minimum atomic E-state index is -0.924. The number of carboxylic acids is 1. The van der Waals surface area contributed by atoms with Crippen LogP contribution in [0.25, 0.3) is 0 Å². The maximum atomic E-state index is 12.5. The summed E-state index contributed by atoms with van der Waals surface area (Å²) in [4.78, 5) is 28.7. The van der Waals surface area contributed by atoms with Crippen molar-refractivity contribution < 1.29 is 14.7 Å². The van der Waals surface area contributed by atoms with Crippen LogP contribution in [-0.2, 0) is 4.79 Å². The number of pyridine rings is 1. The largest absolute Gasteiger partial charge is 0.481 e. The maximum absolute atomic E-state index is 12.5. The SMILES string of the molecule is CC(C)(C)N(CCC(=O)O)C(=O)c1cccnc1Br. The first kappa shape index (κ1) is 15.6. The molecule has 0 unspecified atom stereocenters. The minimum absolute atomic E-state index is 0.0824. The third-order valence-corrected chi connectivity index (χ3v) is 3.23. The van der Waals surface area contributed by atoms with Crippen molar-refractivity contribution in [3.63, 3.8) is 0 Å². The molecule has 1 rings (SSSR count). The molecule has 0 aliphatic carbocycles. The van der Waals surface area contributed by atoms with Gasteiger partial charge in [0, 0.05) is 18.3 Å². The zero-order valence-electron chi connectivity index (χ0n) is 11.2. The van der Waals surface area contributed by atoms with Crippen LogP contribution in [0.15, 0.2) is 22.9 Å². The van der Waals surface area contributed by atoms with Crippen LogP contribution in [0.4, 0.5) is 0 Å². The summed E-state index contributed by atoms with van der Waals surface area (Å²) in [5.74, 6) is -1.15. The van der Waals surface area contributed by atoms with E-state index in [2.05, 4.69) is 20.9 Å². The van der Waals surface area contributed by atoms with E-state index in [1.54, 1.807) is 23.2 Å². The third kappa shape index (κ3) is 4.31. The van der Waals surface area contributed by atoms with Gasteiger partial charge in [-0.15, -0.1) is 0 Å². The van der Waals surface area contributed by atoms with E-state index in [1.165, 1.54) is 0 Å². The lowest BCUT2D eigenvalue weighted by Crippen LogP contribution is -2.46. The first-order valence-corrected chi connectivity index (χ1v) is 6.67. The molecule has 19 heavy (non-hydrogen) atoms. The zero-order valence-corrected chi connectivity index (χ0v) is 12.8. The molecule has 0 spiro atoms. The fourth-order valence-electron chi connectivity index (χ4n) is 1.64. The number of rotatable bonds is 4. The van der Waals surface area contributed by atoms with Crippen molar-refractivity contribution in [1.82, 2.24) is 9.88 Å². The predicted octanol–water partition coefficient (Wildman–Crippen LogP) is 2.56. The second-order valence-electron chi connectivity index (χ2n) is 5.11. The number of hydrogen-bond acceptors (Lipinski definition) is 3. The number of nitrogens with zero attached hydrogens (tertiary/aromatic N) is 2. The molecule has 1 aromatic rings. The molecular formula is C13H17BrN2O3. The highest BCUT2D eigenvalue weighted by Crippen LogP contribution is 2.21. The van der Waals surface area contributed by atoms with Crippen molar-refractivity contribution in [2.75, 3.05) is 6.54 Å². The van der Waals surface area contributed by atoms with Gasteiger partial charge < -0.3 is 10.0 Å². The Bertz CT molecular complexity index is 483. The summed E-state index contributed by atoms with van der Waals surface area (Å²) in [7, 11) is 0. The van der Waals surface area contributed by atoms with Crippen molar-refractivity contribution >= 4 is 27.8 Å². The second-order valence-corrected chi connectivity index (χ2v) is 5.86. The van der Waals surface area contributed by atoms with E-state index in [9.17, 15) is 9.59 Å². The first-order valence-electron chi connectivity index (χ1n) is 5.87. The van der Waals surface area contributed by atoms with E-state index >= 15 is 0 Å². The van der Waals surface area contributed by atoms with Crippen molar-refractivity contribution in [1.29, 1.82) is 0 Å². The molecule has 0 aliphatic rings. The van der Waals surface area contributed by atoms with Gasteiger partial charge >= 0.3 is 5.97 Å². The molecule has 0 fully saturated rings. The van der Waals surface area contributed by atoms with Gasteiger partial charge in [0.2, 0.25) is 0 Å². The Kier molecular flexibility index (Phi) is 5.05. The number of aliphatic carboxylic acids is 1. The molecule has 0 aromatic carbocycles. The van der Waals surface area contributed by atoms with Crippen LogP contribution in [0.3, 0.4) is 0 Å². The molecule has 0 saturated heterocycles. The topological polar surface area (TPSA) is 70.5 Å². The van der Waals surface area contributed by atoms with Gasteiger partial charge in [-0.2, -0.15) is 0 Å². The Morgan fingerprint density at radius 2 is 2.05 bits per heavy atom. The van der Waals surface area contributed by atoms with E-state index < -0.39 is 11.5 Å². The fraction of sp³-hybridized carbons (Fsp3) is 0.462. The summed E-state index contributed by atoms with van der Waals surface area (Å²) in [6.07, 6.45) is 1.50. The van der Waals surface area contributed by atoms with Crippen LogP contribution in [-0.4, -0.2) is 39.0 Å². The van der Waals surface area contributed by atoms with E-state index in [0.29, 0.717) is 10.2 Å². The summed E-state index contributed by atoms with van der Waals surface area (Å²) in [5, 5.41) is 8.78. The minimum Gasteiger partial charge on any atom is -0.481 e. The molecule has 0 atom stereocenters. The average Bonchev–Trinajstić information content (AvgIpc) is 2.27. The van der Waals surface area contributed by atoms with Crippen LogP contribution in [0.1, 0.15) is 37.6 Å². The number of carboxylic acid groups (broad SMARTS) is 1. The average molecular weight is 329 g/mol. The van der Waals surface area contributed by atoms with Crippen molar-refractivity contribution in [3.8, 4) is 0 Å². The molecule has 0 radical (unpaired) electrons. The van der Waals surface area contributed by atoms with Gasteiger partial charge in [0.25, 0.3) is 5.91 Å². The maximum Gasteiger partial charge on any atom is 0.305 e. The van der Waals surface area contributed by atoms with Gasteiger partial charge in [0.05, 0.1) is 12.0 Å². The Hall–Kier alpha value is -1.43. The van der Waals surface area contributed by atoms with Gasteiger partial charge in [-0.05, 0) is 48.8 Å². The van der Waals surface area contributed by atoms with Gasteiger partial charge in [0.15, 0.2) is 0 Å². The lowest BCUT2D eigenvalue weighted by molar-refractivity contribution is -0.137. The molecule has 6 heteroatoms. The smallest absolute Gasteiger partial charge is 0.305 e. The number of carbonyl (C=O) groups is 2. The molecular weight excluding hydrogens is 312 g/mol. The molecule has 0 bridgehead atoms. The number of amides is 1. The lowest BCUT2D eigenvalue weighted by Gasteiger charge is -2.35. The Morgan fingerprint density at radius 3 is 2.53 bits per heavy atom. The Morgan fingerprint density at radius 1 is 1.42 bits per heavy atom. The molecule has 5 nitrogen and oxygen atoms in total. The Balaban J connectivity index is 3.02. The van der Waals surface area contributed by atoms with E-state index in [0.717, 1.165) is 0 Å². The summed E-state index contributed by atoms with van der Waals surface area (Å²) in [6.45, 7) is 5.78. The molecule has 0 aliphatic heterocycles. The third-order valence-electron chi connectivity index (χ3n) is 2.59. The fourth-order valence-corrected chi connectivity index (χ4v) is 2.06. The van der Waals surface area contributed by atoms with Gasteiger partial charge in [0.1, 0.15) is 4.60 Å². The molecule has 1 heterocycles. The summed E-state index contributed by atoms with van der Waals surface area (Å²) >= 11 is 3.24. The van der Waals surface area contributed by atoms with Crippen molar-refractivity contribution in [2.24, 2.45) is 0 Å². The number of hydrogen-bond donors (Lipinski definition) is 1. The van der Waals surface area contributed by atoms with Crippen molar-refractivity contribution in [2.45, 2.75) is 32.7 Å². The van der Waals surface area contributed by atoms with Crippen molar-refractivity contribution in [3.05, 3.63) is 28.5 Å². The van der Waals surface area contributed by atoms with Crippen LogP contribution >= 0.6 is 15.9 Å². The zero-order chi connectivity index (χ0) is 14.6. The molecule has 1 aromatic heterocycles. The van der Waals surface area contributed by atoms with Crippen LogP contribution < -0.4 is 0 Å². The standard InChI is InChI=1S/C13H17BrN2O3/c1-13(2,3)16(8-6-10(17)18)12(19)9-5-4-7-15-11(9)14/h4-5,7H,6,8H2,1-3H3,(H,17,18). The number of aromatic nitrogens is 1. The van der Waals surface area contributed by atoms with Gasteiger partial charge in [-0.1, -0.05) is 0 Å². The highest BCUT2D eigenvalue weighted by molar-refractivity contribution is 9.10. The number of carbonyl (C=O) groups excluding carboxylic acids is 1. The predicted molar refractivity (Wildman–Crippen MR) is 75.0 cm³/mol. The number of halogens is 1. The quantitative estimate of drug-likeness (QED) is 0.862. The highest BCUT2D eigenvalue weighted by atomic mass is 79.9. The lowest BCUT2D eigenvalue weighted by atomic mass is 10.0. The highest BCUT2D eigenvalue weighted by Gasteiger charge is 2.28. The Labute approximate surface area is 120 Å². The summed E-state index contributed by atoms with van der Waals surface area (Å²) in [6, 6.07) is 3.34. The van der Waals surface area contributed by atoms with Gasteiger partial charge in [-0.25, -0.2) is 4.98 Å². The molecule has 104 valence electrons. The van der Waals surface area contributed by atoms with E-state index in [4.69, 9.17) is 5.11 Å². The normalized spacial score (nSPS) is 11.2. The van der Waals surface area contributed by atoms with Crippen LogP contribution in [0.5, 0.6) is 0 Å². The molecule has 1 amide bonds. The molecule has 0 saturated carbocycles. The van der Waals surface area contributed by atoms with Crippen LogP contribution in [0.2, 0.25) is 0 Å². The van der Waals surface area contributed by atoms with Crippen LogP contribution in [0, 0.1) is 0 Å². The second kappa shape index (κ2) is 6.14. The first-order chi connectivity index (χ1) is 8.73. The van der Waals surface area contributed by atoms with E-state index in [1.807, 2.05) is 20.8 Å². The van der Waals surface area contributed by atoms with E-state index in [-0.39, 0.29) is 18.9 Å². The molecule has 1 N–H and O–H groups in total. The monoisotopic (exact) mass is 328 g/mol. The summed E-state index contributed by atoms with van der Waals surface area (Å²) in [5.41, 5.74) is -0.0234.